The number of carbonyl (C=O) groups is 2. The second-order valence-electron chi connectivity index (χ2n) is 8.29. The summed E-state index contributed by atoms with van der Waals surface area (Å²) in [7, 11) is 1.29. The number of carbonyl (C=O) groups excluding carboxylic acids is 2. The van der Waals surface area contributed by atoms with Gasteiger partial charge >= 0.3 is 12.1 Å². The molecule has 2 aromatic carbocycles. The summed E-state index contributed by atoms with van der Waals surface area (Å²) in [5.74, 6) is -1.11. The zero-order valence-corrected chi connectivity index (χ0v) is 17.2. The summed E-state index contributed by atoms with van der Waals surface area (Å²) in [5, 5.41) is 0. The fraction of sp³-hybridized carbons (Fsp3) is 0.391. The van der Waals surface area contributed by atoms with Gasteiger partial charge in [0, 0.05) is 12.0 Å². The molecule has 0 aliphatic carbocycles. The van der Waals surface area contributed by atoms with E-state index in [0.29, 0.717) is 22.3 Å². The van der Waals surface area contributed by atoms with Crippen molar-refractivity contribution in [1.82, 2.24) is 0 Å². The molecule has 0 radical (unpaired) electrons. The van der Waals surface area contributed by atoms with Gasteiger partial charge in [0.2, 0.25) is 0 Å². The lowest BCUT2D eigenvalue weighted by atomic mass is 9.84. The minimum atomic E-state index is -4.44. The molecule has 0 unspecified atom stereocenters. The molecule has 0 aromatic heterocycles. The fourth-order valence-electron chi connectivity index (χ4n) is 3.04. The molecule has 0 aliphatic rings. The highest BCUT2D eigenvalue weighted by molar-refractivity contribution is 6.03. The number of rotatable bonds is 5. The molecule has 2 rings (SSSR count). The van der Waals surface area contributed by atoms with Crippen molar-refractivity contribution < 1.29 is 27.5 Å². The standard InChI is InChI=1S/C23H25F3O3/c1-14(21(28)29-5)16-8-11-18(20(27)13-22(2,3)4)19(12-16)15-6-9-17(10-7-15)23(24,25)26/h6-12,14H,13H2,1-5H3/t14-/m0/s1. The van der Waals surface area contributed by atoms with Gasteiger partial charge in [-0.1, -0.05) is 45.0 Å². The van der Waals surface area contributed by atoms with Gasteiger partial charge in [-0.2, -0.15) is 13.2 Å². The third-order valence-corrected chi connectivity index (χ3v) is 4.61. The second-order valence-corrected chi connectivity index (χ2v) is 8.29. The zero-order valence-electron chi connectivity index (χ0n) is 17.2. The van der Waals surface area contributed by atoms with Gasteiger partial charge in [0.1, 0.15) is 0 Å². The predicted octanol–water partition coefficient (Wildman–Crippen LogP) is 6.27. The molecule has 29 heavy (non-hydrogen) atoms. The highest BCUT2D eigenvalue weighted by Gasteiger charge is 2.30. The molecular weight excluding hydrogens is 381 g/mol. The van der Waals surface area contributed by atoms with Gasteiger partial charge in [-0.3, -0.25) is 9.59 Å². The topological polar surface area (TPSA) is 43.4 Å². The number of benzene rings is 2. The number of halogens is 3. The first kappa shape index (κ1) is 22.7. The number of ketones is 1. The van der Waals surface area contributed by atoms with Gasteiger partial charge in [-0.15, -0.1) is 0 Å². The lowest BCUT2D eigenvalue weighted by Gasteiger charge is -2.20. The van der Waals surface area contributed by atoms with Crippen LogP contribution in [0.5, 0.6) is 0 Å². The molecule has 0 spiro atoms. The van der Waals surface area contributed by atoms with Gasteiger partial charge in [-0.25, -0.2) is 0 Å². The average molecular weight is 406 g/mol. The van der Waals surface area contributed by atoms with Crippen LogP contribution >= 0.6 is 0 Å². The van der Waals surface area contributed by atoms with E-state index >= 15 is 0 Å². The SMILES string of the molecule is COC(=O)[C@@H](C)c1ccc(C(=O)CC(C)(C)C)c(-c2ccc(C(F)(F)F)cc2)c1. The van der Waals surface area contributed by atoms with E-state index in [1.54, 1.807) is 25.1 Å². The molecule has 2 aromatic rings. The number of hydrogen-bond donors (Lipinski definition) is 0. The smallest absolute Gasteiger partial charge is 0.416 e. The molecule has 0 amide bonds. The summed E-state index contributed by atoms with van der Waals surface area (Å²) >= 11 is 0. The Morgan fingerprint density at radius 3 is 2.07 bits per heavy atom. The van der Waals surface area contributed by atoms with Crippen molar-refractivity contribution in [1.29, 1.82) is 0 Å². The van der Waals surface area contributed by atoms with Crippen LogP contribution in [0.25, 0.3) is 11.1 Å². The molecule has 1 atom stereocenters. The zero-order chi connectivity index (χ0) is 22.0. The normalized spacial score (nSPS) is 13.1. The molecular formula is C23H25F3O3. The molecule has 6 heteroatoms. The number of hydrogen-bond acceptors (Lipinski definition) is 3. The minimum absolute atomic E-state index is 0.107. The number of methoxy groups -OCH3 is 1. The summed E-state index contributed by atoms with van der Waals surface area (Å²) < 4.78 is 43.5. The summed E-state index contributed by atoms with van der Waals surface area (Å²) in [6.45, 7) is 7.50. The van der Waals surface area contributed by atoms with E-state index < -0.39 is 23.6 Å². The van der Waals surface area contributed by atoms with Crippen LogP contribution in [0.1, 0.15) is 61.5 Å². The number of ether oxygens (including phenoxy) is 1. The van der Waals surface area contributed by atoms with Crippen LogP contribution < -0.4 is 0 Å². The number of Topliss-reactive ketones (excluding diaryl/α,β-unsaturated/α-hetero) is 1. The van der Waals surface area contributed by atoms with E-state index in [0.717, 1.165) is 12.1 Å². The Hall–Kier alpha value is -2.63. The first-order chi connectivity index (χ1) is 13.3. The predicted molar refractivity (Wildman–Crippen MR) is 106 cm³/mol. The monoisotopic (exact) mass is 406 g/mol. The Balaban J connectivity index is 2.58. The van der Waals surface area contributed by atoms with Crippen LogP contribution in [0.3, 0.4) is 0 Å². The van der Waals surface area contributed by atoms with E-state index in [-0.39, 0.29) is 17.6 Å². The van der Waals surface area contributed by atoms with Crippen molar-refractivity contribution in [2.75, 3.05) is 7.11 Å². The van der Waals surface area contributed by atoms with Crippen molar-refractivity contribution in [2.24, 2.45) is 5.41 Å². The molecule has 0 aliphatic heterocycles. The van der Waals surface area contributed by atoms with Gasteiger partial charge < -0.3 is 4.74 Å². The van der Waals surface area contributed by atoms with E-state index in [2.05, 4.69) is 0 Å². The van der Waals surface area contributed by atoms with Crippen LogP contribution in [0, 0.1) is 5.41 Å². The van der Waals surface area contributed by atoms with E-state index in [1.807, 2.05) is 20.8 Å². The number of alkyl halides is 3. The molecule has 0 saturated carbocycles. The number of esters is 1. The second kappa shape index (κ2) is 8.39. The van der Waals surface area contributed by atoms with Crippen LogP contribution in [-0.4, -0.2) is 18.9 Å². The molecule has 156 valence electrons. The van der Waals surface area contributed by atoms with Crippen molar-refractivity contribution >= 4 is 11.8 Å². The van der Waals surface area contributed by atoms with Crippen LogP contribution in [0.15, 0.2) is 42.5 Å². The van der Waals surface area contributed by atoms with Gasteiger partial charge in [0.25, 0.3) is 0 Å². The van der Waals surface area contributed by atoms with E-state index in [4.69, 9.17) is 4.74 Å². The van der Waals surface area contributed by atoms with E-state index in [9.17, 15) is 22.8 Å². The van der Waals surface area contributed by atoms with Crippen molar-refractivity contribution in [3.8, 4) is 11.1 Å². The lowest BCUT2D eigenvalue weighted by molar-refractivity contribution is -0.142. The van der Waals surface area contributed by atoms with Crippen LogP contribution in [-0.2, 0) is 15.7 Å². The largest absolute Gasteiger partial charge is 0.469 e. The Labute approximate surface area is 168 Å². The van der Waals surface area contributed by atoms with Crippen LogP contribution in [0.4, 0.5) is 13.2 Å². The lowest BCUT2D eigenvalue weighted by Crippen LogP contribution is -2.15. The highest BCUT2D eigenvalue weighted by Crippen LogP contribution is 2.34. The Kier molecular flexibility index (Phi) is 6.56. The Morgan fingerprint density at radius 2 is 1.59 bits per heavy atom. The molecule has 0 fully saturated rings. The quantitative estimate of drug-likeness (QED) is 0.434. The maximum absolute atomic E-state index is 12.9. The summed E-state index contributed by atoms with van der Waals surface area (Å²) in [6.07, 6.45) is -4.16. The summed E-state index contributed by atoms with van der Waals surface area (Å²) in [4.78, 5) is 24.8. The van der Waals surface area contributed by atoms with Crippen LogP contribution in [0.2, 0.25) is 0 Å². The first-order valence-electron chi connectivity index (χ1n) is 9.26. The Morgan fingerprint density at radius 1 is 1.00 bits per heavy atom. The third kappa shape index (κ3) is 5.68. The van der Waals surface area contributed by atoms with Crippen molar-refractivity contribution in [2.45, 2.75) is 46.2 Å². The van der Waals surface area contributed by atoms with Gasteiger partial charge in [-0.05, 0) is 47.2 Å². The molecule has 3 nitrogen and oxygen atoms in total. The average Bonchev–Trinajstić information content (AvgIpc) is 2.64. The molecule has 0 N–H and O–H groups in total. The maximum atomic E-state index is 12.9. The molecule has 0 heterocycles. The summed E-state index contributed by atoms with van der Waals surface area (Å²) in [5.41, 5.74) is 1.02. The Bertz CT molecular complexity index is 891. The van der Waals surface area contributed by atoms with E-state index in [1.165, 1.54) is 19.2 Å². The first-order valence-corrected chi connectivity index (χ1v) is 9.26. The minimum Gasteiger partial charge on any atom is -0.469 e. The maximum Gasteiger partial charge on any atom is 0.416 e. The van der Waals surface area contributed by atoms with Gasteiger partial charge in [0.15, 0.2) is 5.78 Å². The van der Waals surface area contributed by atoms with Gasteiger partial charge in [0.05, 0.1) is 18.6 Å². The highest BCUT2D eigenvalue weighted by atomic mass is 19.4. The molecule has 0 saturated heterocycles. The summed E-state index contributed by atoms with van der Waals surface area (Å²) in [6, 6.07) is 9.67. The third-order valence-electron chi connectivity index (χ3n) is 4.61. The van der Waals surface area contributed by atoms with Crippen molar-refractivity contribution in [3.63, 3.8) is 0 Å². The molecule has 0 bridgehead atoms. The fourth-order valence-corrected chi connectivity index (χ4v) is 3.04. The van der Waals surface area contributed by atoms with Crippen molar-refractivity contribution in [3.05, 3.63) is 59.2 Å².